The predicted octanol–water partition coefficient (Wildman–Crippen LogP) is 5.63. The first-order valence-corrected chi connectivity index (χ1v) is 12.0. The molecule has 2 heterocycles. The molecule has 1 aliphatic heterocycles. The summed E-state index contributed by atoms with van der Waals surface area (Å²) in [6, 6.07) is 17.0. The summed E-state index contributed by atoms with van der Waals surface area (Å²) in [4.78, 5) is 6.84. The van der Waals surface area contributed by atoms with E-state index in [2.05, 4.69) is 16.0 Å². The van der Waals surface area contributed by atoms with Gasteiger partial charge >= 0.3 is 0 Å². The first kappa shape index (κ1) is 24.6. The molecule has 188 valence electrons. The highest BCUT2D eigenvalue weighted by Crippen LogP contribution is 2.41. The topological polar surface area (TPSA) is 84.4 Å². The molecule has 0 bridgehead atoms. The third-order valence-corrected chi connectivity index (χ3v) is 6.64. The van der Waals surface area contributed by atoms with Crippen LogP contribution < -0.4 is 15.4 Å². The normalized spacial score (nSPS) is 14.1. The molecule has 0 radical (unpaired) electrons. The fourth-order valence-corrected chi connectivity index (χ4v) is 4.86. The molecular weight excluding hydrogens is 474 g/mol. The number of methoxy groups -OCH3 is 1. The number of pyridine rings is 1. The van der Waals surface area contributed by atoms with Gasteiger partial charge in [0.25, 0.3) is 0 Å². The van der Waals surface area contributed by atoms with Crippen LogP contribution in [0.15, 0.2) is 60.8 Å². The summed E-state index contributed by atoms with van der Waals surface area (Å²) < 4.78 is 39.3. The zero-order chi connectivity index (χ0) is 25.9. The summed E-state index contributed by atoms with van der Waals surface area (Å²) in [7, 11) is 1.52. The summed E-state index contributed by atoms with van der Waals surface area (Å²) in [6.45, 7) is 1.41. The molecule has 6 nitrogen and oxygen atoms in total. The minimum atomic E-state index is -0.649. The van der Waals surface area contributed by atoms with Crippen molar-refractivity contribution < 1.29 is 18.3 Å². The van der Waals surface area contributed by atoms with E-state index in [0.717, 1.165) is 46.6 Å². The van der Waals surface area contributed by atoms with Gasteiger partial charge in [-0.05, 0) is 54.3 Å². The number of nitrogens with zero attached hydrogens (tertiary/aromatic N) is 3. The maximum absolute atomic E-state index is 14.2. The lowest BCUT2D eigenvalue weighted by atomic mass is 9.95. The molecule has 0 spiro atoms. The molecule has 0 saturated carbocycles. The second-order valence-electron chi connectivity index (χ2n) is 9.08. The van der Waals surface area contributed by atoms with E-state index in [1.807, 2.05) is 24.3 Å². The molecule has 4 aromatic rings. The van der Waals surface area contributed by atoms with Crippen molar-refractivity contribution in [1.82, 2.24) is 4.98 Å². The second-order valence-corrected chi connectivity index (χ2v) is 9.08. The van der Waals surface area contributed by atoms with Gasteiger partial charge in [-0.1, -0.05) is 18.2 Å². The first-order valence-electron chi connectivity index (χ1n) is 12.0. The highest BCUT2D eigenvalue weighted by molar-refractivity contribution is 6.02. The van der Waals surface area contributed by atoms with Crippen LogP contribution in [0.4, 0.5) is 14.5 Å². The largest absolute Gasteiger partial charge is 0.466 e. The van der Waals surface area contributed by atoms with Crippen LogP contribution in [0.1, 0.15) is 18.4 Å². The molecular formula is C29H26F2N4O2. The van der Waals surface area contributed by atoms with Crippen molar-refractivity contribution in [3.63, 3.8) is 0 Å². The van der Waals surface area contributed by atoms with Crippen molar-refractivity contribution in [1.29, 1.82) is 5.26 Å². The van der Waals surface area contributed by atoms with Crippen LogP contribution in [0.2, 0.25) is 0 Å². The fraction of sp³-hybridized carbons (Fsp3) is 0.241. The van der Waals surface area contributed by atoms with Crippen LogP contribution in [-0.4, -0.2) is 38.0 Å². The van der Waals surface area contributed by atoms with E-state index in [0.29, 0.717) is 35.5 Å². The van der Waals surface area contributed by atoms with Crippen molar-refractivity contribution >= 4 is 16.6 Å². The minimum Gasteiger partial charge on any atom is -0.466 e. The number of nitriles is 1. The number of halogens is 2. The molecule has 5 rings (SSSR count). The van der Waals surface area contributed by atoms with Crippen LogP contribution in [-0.2, 0) is 4.74 Å². The third-order valence-electron chi connectivity index (χ3n) is 6.64. The smallest absolute Gasteiger partial charge is 0.188 e. The highest BCUT2D eigenvalue weighted by Gasteiger charge is 2.23. The van der Waals surface area contributed by atoms with Gasteiger partial charge in [-0.15, -0.1) is 0 Å². The number of rotatable bonds is 6. The Morgan fingerprint density at radius 3 is 2.49 bits per heavy atom. The second kappa shape index (κ2) is 10.5. The van der Waals surface area contributed by atoms with E-state index >= 15 is 0 Å². The van der Waals surface area contributed by atoms with Gasteiger partial charge in [-0.25, -0.2) is 8.78 Å². The lowest BCUT2D eigenvalue weighted by Crippen LogP contribution is -2.40. The Hall–Kier alpha value is -4.06. The number of benzene rings is 3. The van der Waals surface area contributed by atoms with Crippen LogP contribution in [0.3, 0.4) is 0 Å². The number of hydrogen-bond donors (Lipinski definition) is 1. The summed E-state index contributed by atoms with van der Waals surface area (Å²) in [5, 5.41) is 10.5. The van der Waals surface area contributed by atoms with Gasteiger partial charge in [0, 0.05) is 55.0 Å². The average Bonchev–Trinajstić information content (AvgIpc) is 2.90. The Morgan fingerprint density at radius 2 is 1.78 bits per heavy atom. The van der Waals surface area contributed by atoms with E-state index in [4.69, 9.17) is 15.2 Å². The summed E-state index contributed by atoms with van der Waals surface area (Å²) >= 11 is 0. The number of piperidine rings is 1. The van der Waals surface area contributed by atoms with E-state index in [1.165, 1.54) is 19.2 Å². The molecule has 0 atom stereocenters. The predicted molar refractivity (Wildman–Crippen MR) is 139 cm³/mol. The number of nitrogens with two attached hydrogens (primary N) is 1. The Kier molecular flexibility index (Phi) is 6.99. The zero-order valence-electron chi connectivity index (χ0n) is 20.4. The van der Waals surface area contributed by atoms with Gasteiger partial charge in [0.2, 0.25) is 0 Å². The molecule has 1 fully saturated rings. The quantitative estimate of drug-likeness (QED) is 0.346. The fourth-order valence-electron chi connectivity index (χ4n) is 4.86. The highest BCUT2D eigenvalue weighted by atomic mass is 19.1. The van der Waals surface area contributed by atoms with Crippen LogP contribution in [0.25, 0.3) is 33.2 Å². The first-order chi connectivity index (χ1) is 18.0. The molecule has 3 aromatic carbocycles. The summed E-state index contributed by atoms with van der Waals surface area (Å²) in [5.74, 6) is -0.875. The van der Waals surface area contributed by atoms with Gasteiger partial charge in [0.05, 0.1) is 16.8 Å². The third kappa shape index (κ3) is 4.96. The van der Waals surface area contributed by atoms with E-state index < -0.39 is 11.6 Å². The standard InChI is InChI=1S/C29H26F2N4O2/c1-36-17-37-29-19(15-32)3-2-4-24(29)18-5-6-27-25(13-18)28(35-9-7-23(33)8-10-35)26(16-34-27)20-11-21(30)14-22(31)12-20/h2-6,11-14,16,23H,7-10,17,33H2,1H3. The molecule has 37 heavy (non-hydrogen) atoms. The zero-order valence-corrected chi connectivity index (χ0v) is 20.4. The number of para-hydroxylation sites is 1. The number of anilines is 1. The number of aromatic nitrogens is 1. The molecule has 2 N–H and O–H groups in total. The number of fused-ring (bicyclic) bond motifs is 1. The van der Waals surface area contributed by atoms with Crippen molar-refractivity contribution in [3.05, 3.63) is 78.0 Å². The SMILES string of the molecule is COCOc1c(C#N)cccc1-c1ccc2ncc(-c3cc(F)cc(F)c3)c(N3CCC(N)CC3)c2c1. The van der Waals surface area contributed by atoms with Gasteiger partial charge in [-0.3, -0.25) is 4.98 Å². The molecule has 8 heteroatoms. The van der Waals surface area contributed by atoms with E-state index in [9.17, 15) is 14.0 Å². The maximum Gasteiger partial charge on any atom is 0.188 e. The van der Waals surface area contributed by atoms with Gasteiger partial charge in [-0.2, -0.15) is 5.26 Å². The molecule has 1 aliphatic rings. The Labute approximate surface area is 213 Å². The van der Waals surface area contributed by atoms with Crippen LogP contribution in [0, 0.1) is 23.0 Å². The van der Waals surface area contributed by atoms with Crippen molar-refractivity contribution in [2.24, 2.45) is 5.73 Å². The molecule has 1 aromatic heterocycles. The van der Waals surface area contributed by atoms with Crippen LogP contribution >= 0.6 is 0 Å². The maximum atomic E-state index is 14.2. The monoisotopic (exact) mass is 500 g/mol. The lowest BCUT2D eigenvalue weighted by Gasteiger charge is -2.34. The minimum absolute atomic E-state index is 0.00457. The van der Waals surface area contributed by atoms with Crippen molar-refractivity contribution in [3.8, 4) is 34.1 Å². The molecule has 0 aliphatic carbocycles. The molecule has 0 amide bonds. The Morgan fingerprint density at radius 1 is 1.03 bits per heavy atom. The summed E-state index contributed by atoms with van der Waals surface area (Å²) in [6.07, 6.45) is 3.28. The summed E-state index contributed by atoms with van der Waals surface area (Å²) in [5.41, 5.74) is 10.7. The Bertz CT molecular complexity index is 1470. The van der Waals surface area contributed by atoms with Gasteiger partial charge in [0.1, 0.15) is 23.5 Å². The molecule has 0 unspecified atom stereocenters. The van der Waals surface area contributed by atoms with E-state index in [-0.39, 0.29) is 12.8 Å². The average molecular weight is 501 g/mol. The van der Waals surface area contributed by atoms with Crippen LogP contribution in [0.5, 0.6) is 5.75 Å². The van der Waals surface area contributed by atoms with Crippen molar-refractivity contribution in [2.45, 2.75) is 18.9 Å². The van der Waals surface area contributed by atoms with Gasteiger partial charge < -0.3 is 20.1 Å². The number of ether oxygens (including phenoxy) is 2. The van der Waals surface area contributed by atoms with E-state index in [1.54, 1.807) is 18.3 Å². The van der Waals surface area contributed by atoms with Gasteiger partial charge in [0.15, 0.2) is 6.79 Å². The Balaban J connectivity index is 1.74. The number of hydrogen-bond acceptors (Lipinski definition) is 6. The lowest BCUT2D eigenvalue weighted by molar-refractivity contribution is 0.0513. The molecule has 1 saturated heterocycles. The van der Waals surface area contributed by atoms with Crippen molar-refractivity contribution in [2.75, 3.05) is 31.9 Å².